The Morgan fingerprint density at radius 1 is 0.710 bits per heavy atom. The number of likely N-dealkylation sites (tertiary alicyclic amines) is 1. The molecule has 1 saturated heterocycles. The third-order valence-electron chi connectivity index (χ3n) is 7.71. The van der Waals surface area contributed by atoms with Crippen molar-refractivity contribution < 1.29 is 9.28 Å². The van der Waals surface area contributed by atoms with Gasteiger partial charge in [-0.15, -0.1) is 0 Å². The number of carbonyl (C=O) groups is 1. The van der Waals surface area contributed by atoms with E-state index in [-0.39, 0.29) is 0 Å². The predicted octanol–water partition coefficient (Wildman–Crippen LogP) is 7.93. The maximum absolute atomic E-state index is 12.2. The standard InChI is InChI=1S/C28H57N2O/c1-5-8-9-10-11-12-13-14-15-16-17-18-19-20-21-22-23-30(6-2,7-3)26-29-25-27(4)24-28(29)31/h27H,5-26H2,1-4H3/q+1. The van der Waals surface area contributed by atoms with Gasteiger partial charge in [0.15, 0.2) is 6.67 Å². The highest BCUT2D eigenvalue weighted by molar-refractivity contribution is 5.78. The van der Waals surface area contributed by atoms with Gasteiger partial charge in [0.25, 0.3) is 0 Å². The summed E-state index contributed by atoms with van der Waals surface area (Å²) in [6, 6.07) is 0. The predicted molar refractivity (Wildman–Crippen MR) is 136 cm³/mol. The van der Waals surface area contributed by atoms with Crippen molar-refractivity contribution in [3.63, 3.8) is 0 Å². The van der Waals surface area contributed by atoms with E-state index in [0.717, 1.165) is 37.2 Å². The van der Waals surface area contributed by atoms with Gasteiger partial charge in [-0.1, -0.05) is 104 Å². The second kappa shape index (κ2) is 17.9. The zero-order valence-electron chi connectivity index (χ0n) is 21.9. The summed E-state index contributed by atoms with van der Waals surface area (Å²) < 4.78 is 1.09. The molecular weight excluding hydrogens is 380 g/mol. The first kappa shape index (κ1) is 28.5. The Bertz CT molecular complexity index is 433. The molecule has 3 nitrogen and oxygen atoms in total. The molecule has 1 heterocycles. The average molecular weight is 438 g/mol. The van der Waals surface area contributed by atoms with Crippen molar-refractivity contribution >= 4 is 5.91 Å². The Morgan fingerprint density at radius 3 is 1.48 bits per heavy atom. The van der Waals surface area contributed by atoms with E-state index in [1.807, 2.05) is 0 Å². The Labute approximate surface area is 195 Å². The molecule has 31 heavy (non-hydrogen) atoms. The largest absolute Gasteiger partial charge is 0.307 e. The van der Waals surface area contributed by atoms with Crippen molar-refractivity contribution in [2.45, 2.75) is 137 Å². The maximum atomic E-state index is 12.2. The minimum absolute atomic E-state index is 0.379. The van der Waals surface area contributed by atoms with Crippen LogP contribution in [0.3, 0.4) is 0 Å². The van der Waals surface area contributed by atoms with Crippen LogP contribution in [0, 0.1) is 5.92 Å². The topological polar surface area (TPSA) is 20.3 Å². The van der Waals surface area contributed by atoms with E-state index >= 15 is 0 Å². The van der Waals surface area contributed by atoms with Crippen LogP contribution in [-0.2, 0) is 4.79 Å². The molecule has 0 bridgehead atoms. The molecule has 0 aromatic carbocycles. The first-order chi connectivity index (χ1) is 15.1. The van der Waals surface area contributed by atoms with E-state index in [1.54, 1.807) is 0 Å². The number of nitrogens with zero attached hydrogens (tertiary/aromatic N) is 2. The minimum Gasteiger partial charge on any atom is -0.307 e. The molecular formula is C28H57N2O+. The van der Waals surface area contributed by atoms with E-state index < -0.39 is 0 Å². The molecule has 0 saturated carbocycles. The van der Waals surface area contributed by atoms with E-state index in [4.69, 9.17) is 0 Å². The van der Waals surface area contributed by atoms with Crippen molar-refractivity contribution in [1.29, 1.82) is 0 Å². The first-order valence-corrected chi connectivity index (χ1v) is 14.2. The summed E-state index contributed by atoms with van der Waals surface area (Å²) in [5.74, 6) is 0.919. The highest BCUT2D eigenvalue weighted by Gasteiger charge is 2.33. The minimum atomic E-state index is 0.379. The molecule has 1 fully saturated rings. The normalized spacial score (nSPS) is 17.1. The lowest BCUT2D eigenvalue weighted by Gasteiger charge is -2.39. The molecule has 0 aromatic heterocycles. The lowest BCUT2D eigenvalue weighted by Crippen LogP contribution is -2.55. The molecule has 1 aliphatic heterocycles. The summed E-state index contributed by atoms with van der Waals surface area (Å²) in [5.41, 5.74) is 0. The van der Waals surface area contributed by atoms with Crippen molar-refractivity contribution in [2.24, 2.45) is 5.92 Å². The van der Waals surface area contributed by atoms with E-state index in [2.05, 4.69) is 32.6 Å². The van der Waals surface area contributed by atoms with Crippen molar-refractivity contribution in [1.82, 2.24) is 4.90 Å². The first-order valence-electron chi connectivity index (χ1n) is 14.2. The maximum Gasteiger partial charge on any atom is 0.227 e. The van der Waals surface area contributed by atoms with Gasteiger partial charge < -0.3 is 4.48 Å². The van der Waals surface area contributed by atoms with Crippen LogP contribution in [0.25, 0.3) is 0 Å². The number of rotatable bonds is 21. The molecule has 3 heteroatoms. The van der Waals surface area contributed by atoms with Gasteiger partial charge in [0.1, 0.15) is 0 Å². The average Bonchev–Trinajstić information content (AvgIpc) is 3.08. The molecule has 1 unspecified atom stereocenters. The SMILES string of the molecule is CCCCCCCCCCCCCCCCCC[N+](CC)(CC)CN1CC(C)CC1=O. The van der Waals surface area contributed by atoms with Crippen LogP contribution < -0.4 is 0 Å². The Morgan fingerprint density at radius 2 is 1.13 bits per heavy atom. The summed E-state index contributed by atoms with van der Waals surface area (Å²) >= 11 is 0. The number of amides is 1. The molecule has 0 aromatic rings. The Kier molecular flexibility index (Phi) is 16.5. The smallest absolute Gasteiger partial charge is 0.227 e. The van der Waals surface area contributed by atoms with Crippen LogP contribution in [0.2, 0.25) is 0 Å². The Balaban J connectivity index is 1.97. The van der Waals surface area contributed by atoms with Crippen molar-refractivity contribution in [3.8, 4) is 0 Å². The van der Waals surface area contributed by atoms with E-state index in [9.17, 15) is 4.79 Å². The van der Waals surface area contributed by atoms with E-state index in [0.29, 0.717) is 11.8 Å². The molecule has 1 rings (SSSR count). The lowest BCUT2D eigenvalue weighted by molar-refractivity contribution is -0.933. The van der Waals surface area contributed by atoms with Gasteiger partial charge >= 0.3 is 0 Å². The number of unbranched alkanes of at least 4 members (excludes halogenated alkanes) is 15. The van der Waals surface area contributed by atoms with E-state index in [1.165, 1.54) is 109 Å². The molecule has 0 aliphatic carbocycles. The van der Waals surface area contributed by atoms with Gasteiger partial charge in [-0.2, -0.15) is 0 Å². The second-order valence-corrected chi connectivity index (χ2v) is 10.6. The molecule has 1 amide bonds. The van der Waals surface area contributed by atoms with Gasteiger partial charge in [-0.25, -0.2) is 0 Å². The third-order valence-corrected chi connectivity index (χ3v) is 7.71. The van der Waals surface area contributed by atoms with Crippen LogP contribution >= 0.6 is 0 Å². The summed E-state index contributed by atoms with van der Waals surface area (Å²) in [7, 11) is 0. The highest BCUT2D eigenvalue weighted by atomic mass is 16.2. The van der Waals surface area contributed by atoms with Crippen molar-refractivity contribution in [2.75, 3.05) is 32.8 Å². The van der Waals surface area contributed by atoms with Crippen molar-refractivity contribution in [3.05, 3.63) is 0 Å². The van der Waals surface area contributed by atoms with Gasteiger partial charge in [0, 0.05) is 13.0 Å². The number of quaternary nitrogens is 1. The van der Waals surface area contributed by atoms with Crippen LogP contribution in [0.4, 0.5) is 0 Å². The fraction of sp³-hybridized carbons (Fsp3) is 0.964. The molecule has 0 radical (unpaired) electrons. The summed E-state index contributed by atoms with van der Waals surface area (Å²) in [6.45, 7) is 14.6. The zero-order chi connectivity index (χ0) is 22.8. The molecule has 184 valence electrons. The quantitative estimate of drug-likeness (QED) is 0.132. The number of hydrogen-bond donors (Lipinski definition) is 0. The fourth-order valence-corrected chi connectivity index (χ4v) is 5.27. The van der Waals surface area contributed by atoms with Crippen LogP contribution in [0.15, 0.2) is 0 Å². The molecule has 0 N–H and O–H groups in total. The Hall–Kier alpha value is -0.570. The highest BCUT2D eigenvalue weighted by Crippen LogP contribution is 2.21. The second-order valence-electron chi connectivity index (χ2n) is 10.6. The monoisotopic (exact) mass is 437 g/mol. The molecule has 1 atom stereocenters. The zero-order valence-corrected chi connectivity index (χ0v) is 21.9. The fourth-order valence-electron chi connectivity index (χ4n) is 5.27. The van der Waals surface area contributed by atoms with Crippen LogP contribution in [0.1, 0.15) is 137 Å². The van der Waals surface area contributed by atoms with Gasteiger partial charge in [0.05, 0.1) is 19.6 Å². The summed E-state index contributed by atoms with van der Waals surface area (Å²) in [4.78, 5) is 14.4. The summed E-state index contributed by atoms with van der Waals surface area (Å²) in [6.07, 6.45) is 23.6. The number of carbonyl (C=O) groups excluding carboxylic acids is 1. The van der Waals surface area contributed by atoms with Gasteiger partial charge in [0.2, 0.25) is 5.91 Å². The molecule has 0 spiro atoms. The molecule has 1 aliphatic rings. The lowest BCUT2D eigenvalue weighted by atomic mass is 10.0. The van der Waals surface area contributed by atoms with Gasteiger partial charge in [-0.3, -0.25) is 9.69 Å². The van der Waals surface area contributed by atoms with Gasteiger partial charge in [-0.05, 0) is 32.6 Å². The summed E-state index contributed by atoms with van der Waals surface area (Å²) in [5, 5.41) is 0. The van der Waals surface area contributed by atoms with Crippen LogP contribution in [-0.4, -0.2) is 48.1 Å². The van der Waals surface area contributed by atoms with Crippen LogP contribution in [0.5, 0.6) is 0 Å². The third kappa shape index (κ3) is 12.9. The number of hydrogen-bond acceptors (Lipinski definition) is 1.